The van der Waals surface area contributed by atoms with Gasteiger partial charge in [-0.2, -0.15) is 0 Å². The molecule has 3 aromatic carbocycles. The van der Waals surface area contributed by atoms with Crippen molar-refractivity contribution in [3.05, 3.63) is 94.7 Å². The van der Waals surface area contributed by atoms with Crippen LogP contribution in [0.2, 0.25) is 5.02 Å². The van der Waals surface area contributed by atoms with Gasteiger partial charge >= 0.3 is 5.97 Å². The summed E-state index contributed by atoms with van der Waals surface area (Å²) < 4.78 is 18.9. The van der Waals surface area contributed by atoms with Crippen molar-refractivity contribution in [3.8, 4) is 11.5 Å². The minimum atomic E-state index is -0.488. The number of rotatable bonds is 6. The van der Waals surface area contributed by atoms with Gasteiger partial charge in [0.15, 0.2) is 17.2 Å². The van der Waals surface area contributed by atoms with E-state index in [-0.39, 0.29) is 5.70 Å². The van der Waals surface area contributed by atoms with E-state index in [0.29, 0.717) is 29.0 Å². The van der Waals surface area contributed by atoms with E-state index in [9.17, 15) is 4.79 Å². The molecule has 0 saturated heterocycles. The van der Waals surface area contributed by atoms with Crippen molar-refractivity contribution < 1.29 is 19.0 Å². The van der Waals surface area contributed by atoms with Crippen LogP contribution in [-0.4, -0.2) is 19.0 Å². The largest absolute Gasteiger partial charge is 0.493 e. The van der Waals surface area contributed by atoms with E-state index in [1.54, 1.807) is 13.2 Å². The number of carbonyl (C=O) groups excluding carboxylic acids is 1. The number of esters is 1. The maximum absolute atomic E-state index is 12.4. The summed E-state index contributed by atoms with van der Waals surface area (Å²) in [7, 11) is 1.58. The molecule has 1 heterocycles. The number of carbonyl (C=O) groups is 1. The second-order valence-corrected chi connectivity index (χ2v) is 10.0. The molecule has 33 heavy (non-hydrogen) atoms. The van der Waals surface area contributed by atoms with E-state index in [4.69, 9.17) is 25.8 Å². The SMILES string of the molecule is COc1cc(/C=C2\N=C(c3ccc(I)c(C)c3)OC2=O)cc(I)c1OCc1ccc(Cl)cc1. The van der Waals surface area contributed by atoms with Crippen molar-refractivity contribution in [2.75, 3.05) is 7.11 Å². The van der Waals surface area contributed by atoms with E-state index in [1.165, 1.54) is 0 Å². The molecular weight excluding hydrogens is 668 g/mol. The first-order valence-electron chi connectivity index (χ1n) is 9.88. The molecule has 0 radical (unpaired) electrons. The van der Waals surface area contributed by atoms with Gasteiger partial charge in [0, 0.05) is 14.2 Å². The Morgan fingerprint density at radius 1 is 1.06 bits per heavy atom. The predicted octanol–water partition coefficient (Wildman–Crippen LogP) is 6.79. The first-order valence-corrected chi connectivity index (χ1v) is 12.4. The molecule has 0 amide bonds. The zero-order valence-electron chi connectivity index (χ0n) is 17.7. The molecule has 0 atom stereocenters. The van der Waals surface area contributed by atoms with Gasteiger partial charge in [-0.1, -0.05) is 23.7 Å². The molecule has 0 fully saturated rings. The Bertz CT molecular complexity index is 1290. The molecular formula is C25H18ClI2NO4. The maximum atomic E-state index is 12.4. The average molecular weight is 686 g/mol. The Morgan fingerprint density at radius 3 is 2.52 bits per heavy atom. The van der Waals surface area contributed by atoms with Crippen LogP contribution in [0.1, 0.15) is 22.3 Å². The number of benzene rings is 3. The quantitative estimate of drug-likeness (QED) is 0.163. The van der Waals surface area contributed by atoms with Gasteiger partial charge in [0.1, 0.15) is 6.61 Å². The number of halogens is 3. The summed E-state index contributed by atoms with van der Waals surface area (Å²) in [6.45, 7) is 2.38. The van der Waals surface area contributed by atoms with Crippen molar-refractivity contribution in [2.24, 2.45) is 4.99 Å². The summed E-state index contributed by atoms with van der Waals surface area (Å²) in [5.74, 6) is 1.00. The van der Waals surface area contributed by atoms with Crippen LogP contribution >= 0.6 is 56.8 Å². The highest BCUT2D eigenvalue weighted by atomic mass is 127. The minimum Gasteiger partial charge on any atom is -0.493 e. The number of aryl methyl sites for hydroxylation is 1. The van der Waals surface area contributed by atoms with E-state index in [2.05, 4.69) is 50.2 Å². The Kier molecular flexibility index (Phi) is 7.60. The lowest BCUT2D eigenvalue weighted by molar-refractivity contribution is -0.129. The van der Waals surface area contributed by atoms with E-state index < -0.39 is 5.97 Å². The summed E-state index contributed by atoms with van der Waals surface area (Å²) in [5.41, 5.74) is 3.84. The van der Waals surface area contributed by atoms with E-state index >= 15 is 0 Å². The number of hydrogen-bond donors (Lipinski definition) is 0. The van der Waals surface area contributed by atoms with Crippen LogP contribution in [0.25, 0.3) is 6.08 Å². The number of ether oxygens (including phenoxy) is 3. The first kappa shape index (κ1) is 24.0. The molecule has 1 aliphatic heterocycles. The Balaban J connectivity index is 1.59. The zero-order chi connectivity index (χ0) is 23.5. The third-order valence-corrected chi connectivity index (χ3v) is 7.14. The number of methoxy groups -OCH3 is 1. The lowest BCUT2D eigenvalue weighted by Crippen LogP contribution is -2.05. The molecule has 0 unspecified atom stereocenters. The van der Waals surface area contributed by atoms with Crippen molar-refractivity contribution >= 4 is 74.7 Å². The Labute approximate surface area is 224 Å². The molecule has 0 aliphatic carbocycles. The molecule has 0 N–H and O–H groups in total. The van der Waals surface area contributed by atoms with Gasteiger partial charge in [0.05, 0.1) is 10.7 Å². The van der Waals surface area contributed by atoms with Gasteiger partial charge in [-0.25, -0.2) is 9.79 Å². The molecule has 168 valence electrons. The van der Waals surface area contributed by atoms with Gasteiger partial charge in [0.25, 0.3) is 0 Å². The van der Waals surface area contributed by atoms with Gasteiger partial charge in [0.2, 0.25) is 5.90 Å². The lowest BCUT2D eigenvalue weighted by Gasteiger charge is -2.14. The Hall–Kier alpha value is -2.11. The molecule has 8 heteroatoms. The molecule has 0 aromatic heterocycles. The second kappa shape index (κ2) is 10.4. The Morgan fingerprint density at radius 2 is 1.82 bits per heavy atom. The molecule has 3 aromatic rings. The smallest absolute Gasteiger partial charge is 0.363 e. The zero-order valence-corrected chi connectivity index (χ0v) is 22.8. The number of nitrogens with zero attached hydrogens (tertiary/aromatic N) is 1. The first-order chi connectivity index (χ1) is 15.8. The van der Waals surface area contributed by atoms with Crippen molar-refractivity contribution in [3.63, 3.8) is 0 Å². The number of aliphatic imine (C=N–C) groups is 1. The molecule has 5 nitrogen and oxygen atoms in total. The van der Waals surface area contributed by atoms with Gasteiger partial charge in [-0.05, 0) is 117 Å². The normalized spacial score (nSPS) is 14.3. The fourth-order valence-corrected chi connectivity index (χ4v) is 4.41. The van der Waals surface area contributed by atoms with Gasteiger partial charge in [-0.15, -0.1) is 0 Å². The van der Waals surface area contributed by atoms with Crippen LogP contribution in [0.5, 0.6) is 11.5 Å². The molecule has 1 aliphatic rings. The van der Waals surface area contributed by atoms with E-state index in [0.717, 1.165) is 29.4 Å². The third-order valence-electron chi connectivity index (χ3n) is 4.88. The third kappa shape index (κ3) is 5.70. The van der Waals surface area contributed by atoms with Crippen LogP contribution in [0, 0.1) is 14.1 Å². The highest BCUT2D eigenvalue weighted by molar-refractivity contribution is 14.1. The highest BCUT2D eigenvalue weighted by Gasteiger charge is 2.25. The van der Waals surface area contributed by atoms with Crippen molar-refractivity contribution in [1.29, 1.82) is 0 Å². The number of hydrogen-bond acceptors (Lipinski definition) is 5. The summed E-state index contributed by atoms with van der Waals surface area (Å²) in [6.07, 6.45) is 1.68. The topological polar surface area (TPSA) is 57.1 Å². The average Bonchev–Trinajstić information content (AvgIpc) is 3.15. The summed E-state index contributed by atoms with van der Waals surface area (Å²) in [5, 5.41) is 0.678. The van der Waals surface area contributed by atoms with Crippen LogP contribution < -0.4 is 9.47 Å². The molecule has 4 rings (SSSR count). The van der Waals surface area contributed by atoms with Crippen LogP contribution in [0.4, 0.5) is 0 Å². The standard InChI is InChI=1S/C25H18ClI2NO4/c1-14-9-17(5-8-19(14)27)24-29-21(25(30)33-24)11-16-10-20(28)23(22(12-16)31-2)32-13-15-3-6-18(26)7-4-15/h3-12H,13H2,1-2H3/b21-11-. The van der Waals surface area contributed by atoms with Crippen LogP contribution in [0.3, 0.4) is 0 Å². The number of cyclic esters (lactones) is 1. The highest BCUT2D eigenvalue weighted by Crippen LogP contribution is 2.35. The molecule has 0 bridgehead atoms. The molecule has 0 spiro atoms. The van der Waals surface area contributed by atoms with Crippen LogP contribution in [-0.2, 0) is 16.1 Å². The fraction of sp³-hybridized carbons (Fsp3) is 0.120. The van der Waals surface area contributed by atoms with E-state index in [1.807, 2.05) is 61.5 Å². The maximum Gasteiger partial charge on any atom is 0.363 e. The van der Waals surface area contributed by atoms with Gasteiger partial charge in [-0.3, -0.25) is 0 Å². The minimum absolute atomic E-state index is 0.230. The second-order valence-electron chi connectivity index (χ2n) is 7.25. The summed E-state index contributed by atoms with van der Waals surface area (Å²) in [6, 6.07) is 17.0. The van der Waals surface area contributed by atoms with Gasteiger partial charge < -0.3 is 14.2 Å². The van der Waals surface area contributed by atoms with Crippen molar-refractivity contribution in [2.45, 2.75) is 13.5 Å². The van der Waals surface area contributed by atoms with Crippen LogP contribution in [0.15, 0.2) is 65.3 Å². The summed E-state index contributed by atoms with van der Waals surface area (Å²) in [4.78, 5) is 16.8. The fourth-order valence-electron chi connectivity index (χ4n) is 3.17. The lowest BCUT2D eigenvalue weighted by atomic mass is 10.1. The summed E-state index contributed by atoms with van der Waals surface area (Å²) >= 11 is 10.4. The van der Waals surface area contributed by atoms with Crippen molar-refractivity contribution in [1.82, 2.24) is 0 Å². The predicted molar refractivity (Wildman–Crippen MR) is 146 cm³/mol. The monoisotopic (exact) mass is 685 g/mol. The molecule has 0 saturated carbocycles.